The van der Waals surface area contributed by atoms with Crippen LogP contribution >= 0.6 is 24.0 Å². The van der Waals surface area contributed by atoms with Gasteiger partial charge in [0.1, 0.15) is 21.8 Å². The zero-order valence-corrected chi connectivity index (χ0v) is 26.6. The molecule has 43 heavy (non-hydrogen) atoms. The fraction of sp³-hybridized carbons (Fsp3) is 0.371. The quantitative estimate of drug-likeness (QED) is 0.187. The van der Waals surface area contributed by atoms with Gasteiger partial charge >= 0.3 is 0 Å². The maximum atomic E-state index is 13.7. The maximum absolute atomic E-state index is 13.7. The first kappa shape index (κ1) is 30.8. The molecule has 3 aromatic rings. The van der Waals surface area contributed by atoms with E-state index in [2.05, 4.69) is 54.3 Å². The second-order valence-corrected chi connectivity index (χ2v) is 13.0. The minimum atomic E-state index is -0.248. The molecule has 222 valence electrons. The SMILES string of the molecule is CCCCn1c(N2CCC(Cc3ccccc3)CC2)c(/C=C2\SC(=S)N(CCc3ccccc3)C2=O)c(C)c(C#N)c1=O. The molecule has 2 aliphatic heterocycles. The number of benzene rings is 2. The van der Waals surface area contributed by atoms with E-state index in [9.17, 15) is 14.9 Å². The fourth-order valence-corrected chi connectivity index (χ4v) is 7.30. The van der Waals surface area contributed by atoms with E-state index in [0.717, 1.165) is 62.1 Å². The zero-order valence-electron chi connectivity index (χ0n) is 24.9. The van der Waals surface area contributed by atoms with E-state index in [1.807, 2.05) is 37.3 Å². The second kappa shape index (κ2) is 14.2. The van der Waals surface area contributed by atoms with Crippen molar-refractivity contribution in [2.24, 2.45) is 5.92 Å². The minimum Gasteiger partial charge on any atom is -0.357 e. The summed E-state index contributed by atoms with van der Waals surface area (Å²) >= 11 is 6.94. The highest BCUT2D eigenvalue weighted by Crippen LogP contribution is 2.37. The average Bonchev–Trinajstić information content (AvgIpc) is 3.29. The number of pyridine rings is 1. The minimum absolute atomic E-state index is 0.123. The van der Waals surface area contributed by atoms with Gasteiger partial charge in [0.15, 0.2) is 0 Å². The fourth-order valence-electron chi connectivity index (χ4n) is 6.01. The van der Waals surface area contributed by atoms with Crippen LogP contribution in [0, 0.1) is 24.2 Å². The lowest BCUT2D eigenvalue weighted by Crippen LogP contribution is -2.40. The van der Waals surface area contributed by atoms with Gasteiger partial charge in [-0.2, -0.15) is 5.26 Å². The van der Waals surface area contributed by atoms with Crippen molar-refractivity contribution in [3.05, 3.63) is 104 Å². The molecule has 0 spiro atoms. The Morgan fingerprint density at radius 1 is 1.00 bits per heavy atom. The number of aromatic nitrogens is 1. The van der Waals surface area contributed by atoms with Gasteiger partial charge in [-0.15, -0.1) is 0 Å². The summed E-state index contributed by atoms with van der Waals surface area (Å²) in [5.41, 5.74) is 3.79. The Morgan fingerprint density at radius 2 is 1.65 bits per heavy atom. The van der Waals surface area contributed by atoms with Crippen molar-refractivity contribution in [3.8, 4) is 6.07 Å². The Labute approximate surface area is 264 Å². The van der Waals surface area contributed by atoms with Crippen LogP contribution in [0.2, 0.25) is 0 Å². The van der Waals surface area contributed by atoms with E-state index < -0.39 is 0 Å². The Morgan fingerprint density at radius 3 is 2.28 bits per heavy atom. The molecule has 0 saturated carbocycles. The Balaban J connectivity index is 1.47. The summed E-state index contributed by atoms with van der Waals surface area (Å²) in [5, 5.41) is 10.0. The summed E-state index contributed by atoms with van der Waals surface area (Å²) in [5.74, 6) is 1.27. The predicted molar refractivity (Wildman–Crippen MR) is 180 cm³/mol. The van der Waals surface area contributed by atoms with E-state index in [-0.39, 0.29) is 17.0 Å². The van der Waals surface area contributed by atoms with Crippen LogP contribution < -0.4 is 10.5 Å². The number of nitriles is 1. The lowest BCUT2D eigenvalue weighted by molar-refractivity contribution is -0.122. The molecule has 0 aliphatic carbocycles. The molecule has 0 bridgehead atoms. The second-order valence-electron chi connectivity index (χ2n) is 11.3. The molecule has 0 atom stereocenters. The molecule has 8 heteroatoms. The van der Waals surface area contributed by atoms with Crippen LogP contribution in [-0.4, -0.2) is 39.3 Å². The standard InChI is InChI=1S/C35H38N4O2S2/c1-3-4-18-38-32(37-19-15-28(16-20-37)22-27-13-9-6-10-14-27)29(25(2)30(24-36)33(38)40)23-31-34(41)39(35(42)43-31)21-17-26-11-7-5-8-12-26/h5-14,23,28H,3-4,15-22H2,1-2H3/b31-23-. The molecule has 2 fully saturated rings. The van der Waals surface area contributed by atoms with E-state index in [1.54, 1.807) is 9.47 Å². The largest absolute Gasteiger partial charge is 0.357 e. The smallest absolute Gasteiger partial charge is 0.270 e. The molecular formula is C35H38N4O2S2. The van der Waals surface area contributed by atoms with E-state index in [0.29, 0.717) is 40.2 Å². The number of anilines is 1. The average molecular weight is 611 g/mol. The molecule has 1 aromatic heterocycles. The number of carbonyl (C=O) groups is 1. The topological polar surface area (TPSA) is 69.3 Å². The first-order valence-electron chi connectivity index (χ1n) is 15.2. The van der Waals surface area contributed by atoms with E-state index in [1.165, 1.54) is 17.3 Å². The molecule has 0 radical (unpaired) electrons. The highest BCUT2D eigenvalue weighted by molar-refractivity contribution is 8.26. The monoisotopic (exact) mass is 610 g/mol. The van der Waals surface area contributed by atoms with Gasteiger partial charge < -0.3 is 4.90 Å². The van der Waals surface area contributed by atoms with Gasteiger partial charge in [-0.3, -0.25) is 19.1 Å². The number of thioether (sulfide) groups is 1. The summed E-state index contributed by atoms with van der Waals surface area (Å²) in [4.78, 5) is 31.8. The van der Waals surface area contributed by atoms with Crippen LogP contribution in [0.25, 0.3) is 6.08 Å². The third-order valence-corrected chi connectivity index (χ3v) is 9.86. The molecule has 0 unspecified atom stereocenters. The van der Waals surface area contributed by atoms with Crippen molar-refractivity contribution < 1.29 is 4.79 Å². The van der Waals surface area contributed by atoms with Gasteiger partial charge in [0.25, 0.3) is 11.5 Å². The van der Waals surface area contributed by atoms with Crippen LogP contribution in [0.4, 0.5) is 5.82 Å². The number of unbranched alkanes of at least 4 members (excludes halogenated alkanes) is 1. The van der Waals surface area contributed by atoms with Crippen molar-refractivity contribution in [3.63, 3.8) is 0 Å². The van der Waals surface area contributed by atoms with Crippen molar-refractivity contribution >= 4 is 46.1 Å². The van der Waals surface area contributed by atoms with Gasteiger partial charge in [-0.25, -0.2) is 0 Å². The Hall–Kier alpha value is -3.67. The highest BCUT2D eigenvalue weighted by Gasteiger charge is 2.33. The number of rotatable bonds is 10. The lowest BCUT2D eigenvalue weighted by Gasteiger charge is -2.36. The van der Waals surface area contributed by atoms with Gasteiger partial charge in [-0.05, 0) is 67.7 Å². The molecular weight excluding hydrogens is 573 g/mol. The molecule has 2 aromatic carbocycles. The Kier molecular flexibility index (Phi) is 10.2. The molecule has 2 saturated heterocycles. The third-order valence-electron chi connectivity index (χ3n) is 8.48. The van der Waals surface area contributed by atoms with Crippen LogP contribution in [0.5, 0.6) is 0 Å². The number of piperidine rings is 1. The number of nitrogens with zero attached hydrogens (tertiary/aromatic N) is 4. The molecule has 1 amide bonds. The first-order valence-corrected chi connectivity index (χ1v) is 16.4. The van der Waals surface area contributed by atoms with Gasteiger partial charge in [0.05, 0.1) is 4.91 Å². The van der Waals surface area contributed by atoms with Crippen LogP contribution in [0.3, 0.4) is 0 Å². The van der Waals surface area contributed by atoms with Gasteiger partial charge in [0.2, 0.25) is 0 Å². The number of amides is 1. The van der Waals surface area contributed by atoms with Gasteiger partial charge in [-0.1, -0.05) is 98.0 Å². The Bertz CT molecular complexity index is 1600. The normalized spacial score (nSPS) is 16.7. The lowest BCUT2D eigenvalue weighted by atomic mass is 9.90. The summed E-state index contributed by atoms with van der Waals surface area (Å²) in [6.45, 7) is 6.59. The van der Waals surface area contributed by atoms with Crippen LogP contribution in [0.15, 0.2) is 70.4 Å². The number of hydrogen-bond acceptors (Lipinski definition) is 6. The number of carbonyl (C=O) groups excluding carboxylic acids is 1. The molecule has 0 N–H and O–H groups in total. The van der Waals surface area contributed by atoms with Crippen molar-refractivity contribution in [1.29, 1.82) is 5.26 Å². The molecule has 5 rings (SSSR count). The maximum Gasteiger partial charge on any atom is 0.270 e. The summed E-state index contributed by atoms with van der Waals surface area (Å²) in [6.07, 6.45) is 7.41. The van der Waals surface area contributed by atoms with Gasteiger partial charge in [0, 0.05) is 31.7 Å². The molecule has 3 heterocycles. The van der Waals surface area contributed by atoms with Crippen LogP contribution in [0.1, 0.15) is 60.4 Å². The van der Waals surface area contributed by atoms with E-state index in [4.69, 9.17) is 12.2 Å². The number of thiocarbonyl (C=S) groups is 1. The van der Waals surface area contributed by atoms with Crippen molar-refractivity contribution in [1.82, 2.24) is 9.47 Å². The van der Waals surface area contributed by atoms with Crippen molar-refractivity contribution in [2.45, 2.75) is 58.9 Å². The molecule has 2 aliphatic rings. The zero-order chi connectivity index (χ0) is 30.3. The summed E-state index contributed by atoms with van der Waals surface area (Å²) in [6, 6.07) is 22.8. The first-order chi connectivity index (χ1) is 20.9. The predicted octanol–water partition coefficient (Wildman–Crippen LogP) is 6.73. The number of hydrogen-bond donors (Lipinski definition) is 0. The van der Waals surface area contributed by atoms with Crippen LogP contribution in [-0.2, 0) is 24.2 Å². The molecule has 6 nitrogen and oxygen atoms in total. The summed E-state index contributed by atoms with van der Waals surface area (Å²) in [7, 11) is 0. The van der Waals surface area contributed by atoms with E-state index >= 15 is 0 Å². The highest BCUT2D eigenvalue weighted by atomic mass is 32.2. The van der Waals surface area contributed by atoms with Crippen molar-refractivity contribution in [2.75, 3.05) is 24.5 Å². The third kappa shape index (κ3) is 6.95. The summed E-state index contributed by atoms with van der Waals surface area (Å²) < 4.78 is 2.32.